The van der Waals surface area contributed by atoms with Crippen LogP contribution in [0.5, 0.6) is 0 Å². The number of hydrogen-bond acceptors (Lipinski definition) is 7. The van der Waals surface area contributed by atoms with Crippen LogP contribution in [0, 0.1) is 0 Å². The normalized spacial score (nSPS) is 14.3. The van der Waals surface area contributed by atoms with E-state index in [1.807, 2.05) is 0 Å². The molecule has 1 rings (SSSR count). The predicted octanol–water partition coefficient (Wildman–Crippen LogP) is 1.82. The molecule has 0 fully saturated rings. The van der Waals surface area contributed by atoms with E-state index in [1.165, 1.54) is 12.1 Å². The maximum Gasteiger partial charge on any atom is 0.339 e. The van der Waals surface area contributed by atoms with Crippen LogP contribution in [0.4, 0.5) is 0 Å². The van der Waals surface area contributed by atoms with E-state index >= 15 is 0 Å². The van der Waals surface area contributed by atoms with E-state index in [4.69, 9.17) is 49.0 Å². The van der Waals surface area contributed by atoms with Gasteiger partial charge >= 0.3 is 11.9 Å². The SMILES string of the molecule is O=C(OCC(O)CCl)c1ccccc1C(=O)OCC(CCl)OCC(O)CCl. The summed E-state index contributed by atoms with van der Waals surface area (Å²) in [5.74, 6) is -1.61. The number of carbonyl (C=O) groups excluding carboxylic acids is 2. The molecule has 0 radical (unpaired) electrons. The second kappa shape index (κ2) is 13.1. The number of aliphatic hydroxyl groups is 2. The van der Waals surface area contributed by atoms with Gasteiger partial charge in [0.15, 0.2) is 0 Å². The topological polar surface area (TPSA) is 102 Å². The van der Waals surface area contributed by atoms with Crippen LogP contribution in [0.2, 0.25) is 0 Å². The summed E-state index contributed by atoms with van der Waals surface area (Å²) in [5.41, 5.74) is -0.0119. The molecule has 10 heteroatoms. The molecule has 0 bridgehead atoms. The van der Waals surface area contributed by atoms with Gasteiger partial charge in [-0.25, -0.2) is 9.59 Å². The largest absolute Gasteiger partial charge is 0.459 e. The Morgan fingerprint density at radius 3 is 1.78 bits per heavy atom. The molecule has 0 heterocycles. The molecule has 0 aliphatic carbocycles. The van der Waals surface area contributed by atoms with Gasteiger partial charge in [0, 0.05) is 0 Å². The van der Waals surface area contributed by atoms with Crippen molar-refractivity contribution in [1.29, 1.82) is 0 Å². The summed E-state index contributed by atoms with van der Waals surface area (Å²) >= 11 is 16.7. The number of esters is 2. The van der Waals surface area contributed by atoms with Crippen molar-refractivity contribution in [2.75, 3.05) is 37.5 Å². The van der Waals surface area contributed by atoms with Crippen molar-refractivity contribution >= 4 is 46.7 Å². The van der Waals surface area contributed by atoms with Crippen LogP contribution in [0.3, 0.4) is 0 Å². The maximum atomic E-state index is 12.3. The molecule has 0 aliphatic rings. The lowest BCUT2D eigenvalue weighted by atomic mass is 10.1. The summed E-state index contributed by atoms with van der Waals surface area (Å²) < 4.78 is 15.4. The quantitative estimate of drug-likeness (QED) is 0.375. The Labute approximate surface area is 172 Å². The van der Waals surface area contributed by atoms with Gasteiger partial charge in [-0.3, -0.25) is 0 Å². The van der Waals surface area contributed by atoms with Gasteiger partial charge in [-0.15, -0.1) is 34.8 Å². The zero-order valence-electron chi connectivity index (χ0n) is 14.4. The number of benzene rings is 1. The lowest BCUT2D eigenvalue weighted by molar-refractivity contribution is -0.0257. The Morgan fingerprint density at radius 2 is 1.30 bits per heavy atom. The van der Waals surface area contributed by atoms with E-state index in [0.29, 0.717) is 0 Å². The highest BCUT2D eigenvalue weighted by Crippen LogP contribution is 2.13. The maximum absolute atomic E-state index is 12.3. The van der Waals surface area contributed by atoms with Gasteiger partial charge in [-0.05, 0) is 12.1 Å². The highest BCUT2D eigenvalue weighted by atomic mass is 35.5. The van der Waals surface area contributed by atoms with E-state index < -0.39 is 30.3 Å². The molecule has 2 N–H and O–H groups in total. The third-order valence-electron chi connectivity index (χ3n) is 3.23. The molecule has 1 aromatic carbocycles. The second-order valence-corrected chi connectivity index (χ2v) is 6.39. The third-order valence-corrected chi connectivity index (χ3v) is 4.28. The van der Waals surface area contributed by atoms with Crippen LogP contribution in [-0.2, 0) is 14.2 Å². The van der Waals surface area contributed by atoms with Gasteiger partial charge in [0.1, 0.15) is 25.4 Å². The Morgan fingerprint density at radius 1 is 0.815 bits per heavy atom. The number of alkyl halides is 3. The van der Waals surface area contributed by atoms with Gasteiger partial charge in [0.05, 0.1) is 41.5 Å². The fourth-order valence-electron chi connectivity index (χ4n) is 1.81. The zero-order valence-corrected chi connectivity index (χ0v) is 16.6. The van der Waals surface area contributed by atoms with E-state index in [1.54, 1.807) is 12.1 Å². The van der Waals surface area contributed by atoms with Crippen molar-refractivity contribution in [2.45, 2.75) is 18.3 Å². The van der Waals surface area contributed by atoms with E-state index in [0.717, 1.165) is 0 Å². The Kier molecular flexibility index (Phi) is 11.7. The molecule has 0 amide bonds. The number of halogens is 3. The first-order chi connectivity index (χ1) is 12.9. The summed E-state index contributed by atoms with van der Waals surface area (Å²) in [6.45, 7) is -0.521. The fourth-order valence-corrected chi connectivity index (χ4v) is 2.16. The van der Waals surface area contributed by atoms with Gasteiger partial charge in [0.2, 0.25) is 0 Å². The highest BCUT2D eigenvalue weighted by molar-refractivity contribution is 6.18. The number of hydrogen-bond donors (Lipinski definition) is 2. The Hall–Kier alpha value is -1.09. The van der Waals surface area contributed by atoms with Crippen molar-refractivity contribution in [3.63, 3.8) is 0 Å². The third kappa shape index (κ3) is 8.64. The van der Waals surface area contributed by atoms with Gasteiger partial charge in [0.25, 0.3) is 0 Å². The van der Waals surface area contributed by atoms with Crippen molar-refractivity contribution < 1.29 is 34.0 Å². The standard InChI is InChI=1S/C17H21Cl3O7/c18-5-11(21)8-25-13(7-20)10-27-17(24)15-4-2-1-3-14(15)16(23)26-9-12(22)6-19/h1-4,11-13,21-22H,5-10H2. The average Bonchev–Trinajstić information content (AvgIpc) is 2.71. The Bertz CT molecular complexity index is 600. The summed E-state index contributed by atoms with van der Waals surface area (Å²) in [6.07, 6.45) is -2.50. The van der Waals surface area contributed by atoms with Crippen LogP contribution in [0.1, 0.15) is 20.7 Å². The number of rotatable bonds is 12. The minimum Gasteiger partial charge on any atom is -0.459 e. The lowest BCUT2D eigenvalue weighted by Gasteiger charge is -2.17. The van der Waals surface area contributed by atoms with Gasteiger partial charge in [-0.2, -0.15) is 0 Å². The minimum absolute atomic E-state index is 0.00267. The van der Waals surface area contributed by atoms with Crippen LogP contribution in [0.25, 0.3) is 0 Å². The molecule has 152 valence electrons. The lowest BCUT2D eigenvalue weighted by Crippen LogP contribution is -2.29. The van der Waals surface area contributed by atoms with E-state index in [9.17, 15) is 19.8 Å². The first-order valence-electron chi connectivity index (χ1n) is 8.01. The number of ether oxygens (including phenoxy) is 3. The van der Waals surface area contributed by atoms with Crippen LogP contribution in [-0.4, -0.2) is 77.9 Å². The smallest absolute Gasteiger partial charge is 0.339 e. The molecular formula is C17H21Cl3O7. The molecule has 0 spiro atoms. The molecule has 7 nitrogen and oxygen atoms in total. The number of carbonyl (C=O) groups is 2. The van der Waals surface area contributed by atoms with E-state index in [2.05, 4.69) is 0 Å². The van der Waals surface area contributed by atoms with Gasteiger partial charge < -0.3 is 24.4 Å². The molecule has 3 unspecified atom stereocenters. The number of aliphatic hydroxyl groups excluding tert-OH is 2. The summed E-state index contributed by atoms with van der Waals surface area (Å²) in [7, 11) is 0. The van der Waals surface area contributed by atoms with Gasteiger partial charge in [-0.1, -0.05) is 12.1 Å². The molecule has 0 saturated carbocycles. The van der Waals surface area contributed by atoms with Crippen LogP contribution in [0.15, 0.2) is 24.3 Å². The van der Waals surface area contributed by atoms with Crippen LogP contribution < -0.4 is 0 Å². The second-order valence-electron chi connectivity index (χ2n) is 5.47. The molecule has 0 aliphatic heterocycles. The molecule has 0 saturated heterocycles. The molecule has 1 aromatic rings. The van der Waals surface area contributed by atoms with Crippen molar-refractivity contribution in [3.05, 3.63) is 35.4 Å². The molecule has 3 atom stereocenters. The minimum atomic E-state index is -1.00. The fraction of sp³-hybridized carbons (Fsp3) is 0.529. The molecular weight excluding hydrogens is 423 g/mol. The van der Waals surface area contributed by atoms with E-state index in [-0.39, 0.29) is 48.6 Å². The molecule has 0 aromatic heterocycles. The Balaban J connectivity index is 2.67. The first-order valence-corrected chi connectivity index (χ1v) is 9.62. The van der Waals surface area contributed by atoms with Crippen LogP contribution >= 0.6 is 34.8 Å². The summed E-state index contributed by atoms with van der Waals surface area (Å²) in [6, 6.07) is 5.93. The predicted molar refractivity (Wildman–Crippen MR) is 101 cm³/mol. The van der Waals surface area contributed by atoms with Crippen molar-refractivity contribution in [2.24, 2.45) is 0 Å². The monoisotopic (exact) mass is 442 g/mol. The summed E-state index contributed by atoms with van der Waals surface area (Å²) in [4.78, 5) is 24.4. The highest BCUT2D eigenvalue weighted by Gasteiger charge is 2.21. The molecule has 27 heavy (non-hydrogen) atoms. The first kappa shape index (κ1) is 23.9. The zero-order chi connectivity index (χ0) is 20.2. The average molecular weight is 444 g/mol. The summed E-state index contributed by atoms with van der Waals surface area (Å²) in [5, 5.41) is 18.7. The van der Waals surface area contributed by atoms with Crippen molar-refractivity contribution in [3.8, 4) is 0 Å². The van der Waals surface area contributed by atoms with Crippen molar-refractivity contribution in [1.82, 2.24) is 0 Å².